The van der Waals surface area contributed by atoms with Gasteiger partial charge in [-0.1, -0.05) is 48.6 Å². The van der Waals surface area contributed by atoms with E-state index in [9.17, 15) is 4.79 Å². The number of carbonyl (C=O) groups excluding carboxylic acids is 1. The quantitative estimate of drug-likeness (QED) is 0.850. The molecular weight excluding hydrogens is 328 g/mol. The number of hydrogen-bond donors (Lipinski definition) is 0. The molecule has 5 nitrogen and oxygen atoms in total. The zero-order valence-electron chi connectivity index (χ0n) is 14.6. The number of amides is 1. The molecule has 26 heavy (non-hydrogen) atoms. The van der Waals surface area contributed by atoms with Gasteiger partial charge in [-0.25, -0.2) is 0 Å². The van der Waals surface area contributed by atoms with E-state index >= 15 is 0 Å². The first-order valence-corrected chi connectivity index (χ1v) is 8.93. The average molecular weight is 350 g/mol. The molecule has 1 saturated heterocycles. The van der Waals surface area contributed by atoms with Crippen molar-refractivity contribution in [1.29, 1.82) is 0 Å². The highest BCUT2D eigenvalue weighted by Crippen LogP contribution is 2.35. The van der Waals surface area contributed by atoms with Crippen LogP contribution in [-0.4, -0.2) is 55.2 Å². The number of hydrogen-bond acceptors (Lipinski definition) is 4. The number of rotatable bonds is 4. The standard InChI is InChI=1S/C21H22N2O3/c24-21(18-9-4-10-19-20(18)26-16-25-19)23-14-12-22(13-15-23)11-5-8-17-6-2-1-3-7-17/h1-10H,11-16H2/b8-5+. The molecule has 0 bridgehead atoms. The van der Waals surface area contributed by atoms with Crippen molar-refractivity contribution >= 4 is 12.0 Å². The minimum atomic E-state index is 0.0202. The molecule has 4 rings (SSSR count). The average Bonchev–Trinajstić information content (AvgIpc) is 3.18. The normalized spacial score (nSPS) is 17.0. The van der Waals surface area contributed by atoms with Crippen LogP contribution in [0.3, 0.4) is 0 Å². The molecule has 2 aromatic carbocycles. The number of carbonyl (C=O) groups is 1. The van der Waals surface area contributed by atoms with E-state index in [0.29, 0.717) is 17.1 Å². The molecule has 5 heteroatoms. The van der Waals surface area contributed by atoms with Crippen LogP contribution in [0.4, 0.5) is 0 Å². The summed E-state index contributed by atoms with van der Waals surface area (Å²) >= 11 is 0. The van der Waals surface area contributed by atoms with Crippen molar-refractivity contribution in [3.05, 3.63) is 65.7 Å². The third-order valence-corrected chi connectivity index (χ3v) is 4.76. The van der Waals surface area contributed by atoms with Gasteiger partial charge in [0.15, 0.2) is 11.5 Å². The molecule has 0 radical (unpaired) electrons. The molecular formula is C21H22N2O3. The van der Waals surface area contributed by atoms with Crippen molar-refractivity contribution in [2.45, 2.75) is 0 Å². The molecule has 0 spiro atoms. The molecule has 2 aliphatic heterocycles. The lowest BCUT2D eigenvalue weighted by Crippen LogP contribution is -2.48. The highest BCUT2D eigenvalue weighted by Gasteiger charge is 2.27. The van der Waals surface area contributed by atoms with E-state index in [-0.39, 0.29) is 12.7 Å². The Labute approximate surface area is 153 Å². The van der Waals surface area contributed by atoms with Crippen molar-refractivity contribution in [2.24, 2.45) is 0 Å². The van der Waals surface area contributed by atoms with Crippen molar-refractivity contribution in [2.75, 3.05) is 39.5 Å². The summed E-state index contributed by atoms with van der Waals surface area (Å²) in [5, 5.41) is 0. The summed E-state index contributed by atoms with van der Waals surface area (Å²) in [4.78, 5) is 17.1. The van der Waals surface area contributed by atoms with Gasteiger partial charge in [0.1, 0.15) is 0 Å². The third-order valence-electron chi connectivity index (χ3n) is 4.76. The van der Waals surface area contributed by atoms with Crippen molar-refractivity contribution in [3.8, 4) is 11.5 Å². The van der Waals surface area contributed by atoms with E-state index in [1.54, 1.807) is 0 Å². The van der Waals surface area contributed by atoms with Gasteiger partial charge in [-0.15, -0.1) is 0 Å². The summed E-state index contributed by atoms with van der Waals surface area (Å²) in [5.74, 6) is 1.25. The highest BCUT2D eigenvalue weighted by atomic mass is 16.7. The Morgan fingerprint density at radius 1 is 0.962 bits per heavy atom. The Balaban J connectivity index is 1.32. The second kappa shape index (κ2) is 7.62. The number of ether oxygens (including phenoxy) is 2. The molecule has 2 heterocycles. The van der Waals surface area contributed by atoms with Gasteiger partial charge in [0.05, 0.1) is 5.56 Å². The fraction of sp³-hybridized carbons (Fsp3) is 0.286. The summed E-state index contributed by atoms with van der Waals surface area (Å²) in [5.41, 5.74) is 1.80. The van der Waals surface area contributed by atoms with E-state index in [0.717, 1.165) is 32.7 Å². The number of piperazine rings is 1. The van der Waals surface area contributed by atoms with E-state index in [2.05, 4.69) is 29.2 Å². The van der Waals surface area contributed by atoms with Gasteiger partial charge < -0.3 is 14.4 Å². The summed E-state index contributed by atoms with van der Waals surface area (Å²) in [6.07, 6.45) is 4.32. The largest absolute Gasteiger partial charge is 0.454 e. The lowest BCUT2D eigenvalue weighted by molar-refractivity contribution is 0.0646. The SMILES string of the molecule is O=C(c1cccc2c1OCO2)N1CCN(C/C=C/c2ccccc2)CC1. The molecule has 0 aromatic heterocycles. The van der Waals surface area contributed by atoms with Gasteiger partial charge in [-0.3, -0.25) is 9.69 Å². The molecule has 2 aliphatic rings. The number of nitrogens with zero attached hydrogens (tertiary/aromatic N) is 2. The summed E-state index contributed by atoms with van der Waals surface area (Å²) in [7, 11) is 0. The Hall–Kier alpha value is -2.79. The minimum absolute atomic E-state index is 0.0202. The maximum Gasteiger partial charge on any atom is 0.257 e. The first kappa shape index (κ1) is 16.7. The van der Waals surface area contributed by atoms with Crippen LogP contribution >= 0.6 is 0 Å². The minimum Gasteiger partial charge on any atom is -0.454 e. The smallest absolute Gasteiger partial charge is 0.257 e. The molecule has 0 aliphatic carbocycles. The lowest BCUT2D eigenvalue weighted by atomic mass is 10.1. The van der Waals surface area contributed by atoms with Crippen LogP contribution in [0.5, 0.6) is 11.5 Å². The van der Waals surface area contributed by atoms with E-state index in [4.69, 9.17) is 9.47 Å². The summed E-state index contributed by atoms with van der Waals surface area (Å²) in [6.45, 7) is 4.27. The number of para-hydroxylation sites is 1. The third kappa shape index (κ3) is 3.58. The molecule has 0 atom stereocenters. The van der Waals surface area contributed by atoms with Gasteiger partial charge in [0.2, 0.25) is 6.79 Å². The van der Waals surface area contributed by atoms with Crippen LogP contribution in [0.15, 0.2) is 54.6 Å². The van der Waals surface area contributed by atoms with E-state index < -0.39 is 0 Å². The molecule has 134 valence electrons. The fourth-order valence-corrected chi connectivity index (χ4v) is 3.30. The monoisotopic (exact) mass is 350 g/mol. The highest BCUT2D eigenvalue weighted by molar-refractivity contribution is 5.98. The summed E-state index contributed by atoms with van der Waals surface area (Å²) in [6, 6.07) is 15.8. The van der Waals surface area contributed by atoms with Gasteiger partial charge in [0, 0.05) is 32.7 Å². The Bertz CT molecular complexity index is 796. The topological polar surface area (TPSA) is 42.0 Å². The van der Waals surface area contributed by atoms with Crippen molar-refractivity contribution in [1.82, 2.24) is 9.80 Å². The number of benzene rings is 2. The maximum atomic E-state index is 12.8. The second-order valence-corrected chi connectivity index (χ2v) is 6.45. The Morgan fingerprint density at radius 3 is 2.58 bits per heavy atom. The van der Waals surface area contributed by atoms with E-state index in [1.807, 2.05) is 41.3 Å². The van der Waals surface area contributed by atoms with Crippen LogP contribution < -0.4 is 9.47 Å². The van der Waals surface area contributed by atoms with Crippen LogP contribution in [0.2, 0.25) is 0 Å². The van der Waals surface area contributed by atoms with Crippen LogP contribution in [0, 0.1) is 0 Å². The van der Waals surface area contributed by atoms with Gasteiger partial charge in [0.25, 0.3) is 5.91 Å². The van der Waals surface area contributed by atoms with Gasteiger partial charge in [-0.2, -0.15) is 0 Å². The van der Waals surface area contributed by atoms with Gasteiger partial charge >= 0.3 is 0 Å². The molecule has 0 unspecified atom stereocenters. The molecule has 2 aromatic rings. The Morgan fingerprint density at radius 2 is 1.77 bits per heavy atom. The summed E-state index contributed by atoms with van der Waals surface area (Å²) < 4.78 is 10.8. The fourth-order valence-electron chi connectivity index (χ4n) is 3.30. The number of fused-ring (bicyclic) bond motifs is 1. The van der Waals surface area contributed by atoms with Crippen molar-refractivity contribution < 1.29 is 14.3 Å². The molecule has 0 N–H and O–H groups in total. The predicted molar refractivity (Wildman–Crippen MR) is 100 cm³/mol. The van der Waals surface area contributed by atoms with Gasteiger partial charge in [-0.05, 0) is 17.7 Å². The molecule has 1 fully saturated rings. The van der Waals surface area contributed by atoms with E-state index in [1.165, 1.54) is 5.56 Å². The predicted octanol–water partition coefficient (Wildman–Crippen LogP) is 2.89. The first-order chi connectivity index (χ1) is 12.8. The van der Waals surface area contributed by atoms with Crippen LogP contribution in [-0.2, 0) is 0 Å². The van der Waals surface area contributed by atoms with Crippen molar-refractivity contribution in [3.63, 3.8) is 0 Å². The molecule has 0 saturated carbocycles. The second-order valence-electron chi connectivity index (χ2n) is 6.45. The lowest BCUT2D eigenvalue weighted by Gasteiger charge is -2.34. The zero-order valence-corrected chi connectivity index (χ0v) is 14.6. The molecule has 1 amide bonds. The first-order valence-electron chi connectivity index (χ1n) is 8.93. The van der Waals surface area contributed by atoms with Crippen LogP contribution in [0.1, 0.15) is 15.9 Å². The Kier molecular flexibility index (Phi) is 4.88. The van der Waals surface area contributed by atoms with Crippen LogP contribution in [0.25, 0.3) is 6.08 Å². The maximum absolute atomic E-state index is 12.8. The zero-order chi connectivity index (χ0) is 17.8.